The van der Waals surface area contributed by atoms with Gasteiger partial charge in [0.25, 0.3) is 0 Å². The van der Waals surface area contributed by atoms with Gasteiger partial charge < -0.3 is 9.88 Å². The molecule has 0 saturated carbocycles. The summed E-state index contributed by atoms with van der Waals surface area (Å²) in [6.45, 7) is 0.556. The molecule has 0 bridgehead atoms. The van der Waals surface area contributed by atoms with Gasteiger partial charge in [-0.3, -0.25) is 9.59 Å². The molecule has 0 atom stereocenters. The van der Waals surface area contributed by atoms with Gasteiger partial charge in [-0.1, -0.05) is 35.9 Å². The maximum Gasteiger partial charge on any atom is 0.240 e. The van der Waals surface area contributed by atoms with Gasteiger partial charge in [0.05, 0.1) is 11.0 Å². The van der Waals surface area contributed by atoms with E-state index < -0.39 is 11.6 Å². The zero-order chi connectivity index (χ0) is 20.9. The van der Waals surface area contributed by atoms with E-state index in [2.05, 4.69) is 16.4 Å². The lowest BCUT2D eigenvalue weighted by Crippen LogP contribution is -2.30. The maximum absolute atomic E-state index is 13.6. The lowest BCUT2D eigenvalue weighted by molar-refractivity contribution is -0.121. The molecule has 0 unspecified atom stereocenters. The van der Waals surface area contributed by atoms with Crippen molar-refractivity contribution in [3.05, 3.63) is 77.4 Å². The number of ketones is 1. The molecular formula is C24H24FN3O2. The number of carbonyl (C=O) groups excluding carboxylic acids is 2. The molecule has 0 spiro atoms. The van der Waals surface area contributed by atoms with Crippen LogP contribution in [0.4, 0.5) is 4.39 Å². The number of nitrogens with one attached hydrogen (secondary N) is 1. The molecule has 1 heterocycles. The van der Waals surface area contributed by atoms with Crippen molar-refractivity contribution in [2.45, 2.75) is 38.6 Å². The molecule has 0 aliphatic heterocycles. The summed E-state index contributed by atoms with van der Waals surface area (Å²) in [6.07, 6.45) is 7.81. The van der Waals surface area contributed by atoms with Crippen molar-refractivity contribution in [2.24, 2.45) is 0 Å². The highest BCUT2D eigenvalue weighted by Crippen LogP contribution is 2.20. The molecule has 1 aliphatic rings. The van der Waals surface area contributed by atoms with Gasteiger partial charge in [0, 0.05) is 12.1 Å². The minimum Gasteiger partial charge on any atom is -0.354 e. The van der Waals surface area contributed by atoms with Crippen LogP contribution in [0.15, 0.2) is 60.2 Å². The van der Waals surface area contributed by atoms with Crippen LogP contribution in [0.3, 0.4) is 0 Å². The summed E-state index contributed by atoms with van der Waals surface area (Å²) >= 11 is 0. The third-order valence-electron chi connectivity index (χ3n) is 5.40. The molecule has 30 heavy (non-hydrogen) atoms. The van der Waals surface area contributed by atoms with Gasteiger partial charge in [0.15, 0.2) is 5.82 Å². The van der Waals surface area contributed by atoms with Gasteiger partial charge in [-0.2, -0.15) is 0 Å². The number of amides is 1. The molecule has 0 saturated heterocycles. The van der Waals surface area contributed by atoms with Crippen molar-refractivity contribution >= 4 is 22.7 Å². The first-order valence-electron chi connectivity index (χ1n) is 10.3. The van der Waals surface area contributed by atoms with E-state index in [1.165, 1.54) is 36.6 Å². The summed E-state index contributed by atoms with van der Waals surface area (Å²) in [6, 6.07) is 12.8. The Bertz CT molecular complexity index is 1120. The van der Waals surface area contributed by atoms with Crippen molar-refractivity contribution in [3.8, 4) is 0 Å². The number of nitrogens with zero attached hydrogens (tertiary/aromatic N) is 2. The molecule has 1 amide bonds. The predicted molar refractivity (Wildman–Crippen MR) is 114 cm³/mol. The number of halogens is 1. The van der Waals surface area contributed by atoms with Crippen LogP contribution >= 0.6 is 0 Å². The quantitative estimate of drug-likeness (QED) is 0.468. The smallest absolute Gasteiger partial charge is 0.240 e. The second-order valence-corrected chi connectivity index (χ2v) is 7.56. The molecule has 6 heteroatoms. The van der Waals surface area contributed by atoms with Gasteiger partial charge in [-0.05, 0) is 56.4 Å². The fraction of sp³-hybridized carbons (Fsp3) is 0.292. The third-order valence-corrected chi connectivity index (χ3v) is 5.40. The van der Waals surface area contributed by atoms with E-state index in [9.17, 15) is 14.0 Å². The van der Waals surface area contributed by atoms with Crippen LogP contribution < -0.4 is 5.32 Å². The molecule has 0 fully saturated rings. The third kappa shape index (κ3) is 4.48. The summed E-state index contributed by atoms with van der Waals surface area (Å²) in [7, 11) is 0. The SMILES string of the molecule is O=C(Cn1c(C(=O)c2cccc(F)c2)nc2ccccc21)NCCC1=CCCCC1. The van der Waals surface area contributed by atoms with E-state index in [-0.39, 0.29) is 23.8 Å². The number of aromatic nitrogens is 2. The van der Waals surface area contributed by atoms with E-state index in [0.717, 1.165) is 19.3 Å². The predicted octanol–water partition coefficient (Wildman–Crippen LogP) is 4.41. The standard InChI is InChI=1S/C24H24FN3O2/c25-19-10-6-9-18(15-19)23(30)24-27-20-11-4-5-12-21(20)28(24)16-22(29)26-14-13-17-7-2-1-3-8-17/h4-7,9-12,15H,1-3,8,13-14,16H2,(H,26,29). The Morgan fingerprint density at radius 2 is 1.97 bits per heavy atom. The van der Waals surface area contributed by atoms with Crippen molar-refractivity contribution in [3.63, 3.8) is 0 Å². The summed E-state index contributed by atoms with van der Waals surface area (Å²) in [4.78, 5) is 30.0. The van der Waals surface area contributed by atoms with Crippen LogP contribution in [0.5, 0.6) is 0 Å². The normalized spacial score (nSPS) is 13.8. The van der Waals surface area contributed by atoms with Crippen LogP contribution in [0, 0.1) is 5.82 Å². The number of imidazole rings is 1. The number of benzene rings is 2. The molecule has 3 aromatic rings. The second kappa shape index (κ2) is 9.03. The van der Waals surface area contributed by atoms with Crippen molar-refractivity contribution in [1.82, 2.24) is 14.9 Å². The first-order valence-corrected chi connectivity index (χ1v) is 10.3. The molecule has 4 rings (SSSR count). The lowest BCUT2D eigenvalue weighted by atomic mass is 9.97. The highest BCUT2D eigenvalue weighted by molar-refractivity contribution is 6.08. The van der Waals surface area contributed by atoms with Crippen LogP contribution in [-0.2, 0) is 11.3 Å². The first-order chi connectivity index (χ1) is 14.6. The number of fused-ring (bicyclic) bond motifs is 1. The second-order valence-electron chi connectivity index (χ2n) is 7.56. The number of para-hydroxylation sites is 2. The van der Waals surface area contributed by atoms with Gasteiger partial charge in [0.1, 0.15) is 12.4 Å². The minimum absolute atomic E-state index is 0.0179. The summed E-state index contributed by atoms with van der Waals surface area (Å²) in [5.74, 6) is -0.945. The zero-order valence-corrected chi connectivity index (χ0v) is 16.7. The Balaban J connectivity index is 1.53. The van der Waals surface area contributed by atoms with Gasteiger partial charge >= 0.3 is 0 Å². The number of rotatable bonds is 7. The largest absolute Gasteiger partial charge is 0.354 e. The van der Waals surface area contributed by atoms with Gasteiger partial charge in [-0.15, -0.1) is 0 Å². The molecular weight excluding hydrogens is 381 g/mol. The highest BCUT2D eigenvalue weighted by Gasteiger charge is 2.21. The van der Waals surface area contributed by atoms with Gasteiger partial charge in [0.2, 0.25) is 11.7 Å². The highest BCUT2D eigenvalue weighted by atomic mass is 19.1. The Morgan fingerprint density at radius 3 is 2.77 bits per heavy atom. The van der Waals surface area contributed by atoms with Crippen molar-refractivity contribution < 1.29 is 14.0 Å². The van der Waals surface area contributed by atoms with Crippen LogP contribution in [0.2, 0.25) is 0 Å². The summed E-state index contributed by atoms with van der Waals surface area (Å²) < 4.78 is 15.2. The molecule has 154 valence electrons. The number of carbonyl (C=O) groups is 2. The fourth-order valence-electron chi connectivity index (χ4n) is 3.86. The van der Waals surface area contributed by atoms with Crippen LogP contribution in [-0.4, -0.2) is 27.8 Å². The molecule has 1 N–H and O–H groups in total. The number of hydrogen-bond donors (Lipinski definition) is 1. The van der Waals surface area contributed by atoms with E-state index >= 15 is 0 Å². The average molecular weight is 405 g/mol. The van der Waals surface area contributed by atoms with E-state index in [4.69, 9.17) is 0 Å². The molecule has 1 aliphatic carbocycles. The lowest BCUT2D eigenvalue weighted by Gasteiger charge is -2.13. The molecule has 1 aromatic heterocycles. The summed E-state index contributed by atoms with van der Waals surface area (Å²) in [5.41, 5.74) is 2.92. The fourth-order valence-corrected chi connectivity index (χ4v) is 3.86. The minimum atomic E-state index is -0.488. The van der Waals surface area contributed by atoms with E-state index in [0.29, 0.717) is 17.6 Å². The zero-order valence-electron chi connectivity index (χ0n) is 16.7. The van der Waals surface area contributed by atoms with Crippen molar-refractivity contribution in [2.75, 3.05) is 6.54 Å². The number of allylic oxidation sites excluding steroid dienone is 1. The Morgan fingerprint density at radius 1 is 1.10 bits per heavy atom. The molecule has 2 aromatic carbocycles. The van der Waals surface area contributed by atoms with Gasteiger partial charge in [-0.25, -0.2) is 9.37 Å². The molecule has 0 radical (unpaired) electrons. The monoisotopic (exact) mass is 405 g/mol. The van der Waals surface area contributed by atoms with E-state index in [1.807, 2.05) is 18.2 Å². The Kier molecular flexibility index (Phi) is 6.02. The summed E-state index contributed by atoms with van der Waals surface area (Å²) in [5, 5.41) is 2.95. The first kappa shape index (κ1) is 20.0. The Hall–Kier alpha value is -3.28. The van der Waals surface area contributed by atoms with Crippen molar-refractivity contribution in [1.29, 1.82) is 0 Å². The Labute approximate surface area is 174 Å². The molecule has 5 nitrogen and oxygen atoms in total. The average Bonchev–Trinajstić information content (AvgIpc) is 3.12. The van der Waals surface area contributed by atoms with Crippen LogP contribution in [0.25, 0.3) is 11.0 Å². The van der Waals surface area contributed by atoms with Crippen LogP contribution in [0.1, 0.15) is 48.3 Å². The maximum atomic E-state index is 13.6. The van der Waals surface area contributed by atoms with E-state index in [1.54, 1.807) is 16.7 Å². The number of hydrogen-bond acceptors (Lipinski definition) is 3. The topological polar surface area (TPSA) is 64.0 Å².